The fraction of sp³-hybridized carbons (Fsp3) is 1.00. The summed E-state index contributed by atoms with van der Waals surface area (Å²) in [4.78, 5) is 2.33. The van der Waals surface area contributed by atoms with Gasteiger partial charge in [-0.3, -0.25) is 0 Å². The molecule has 104 valence electrons. The van der Waals surface area contributed by atoms with Crippen molar-refractivity contribution in [2.75, 3.05) is 20.1 Å². The van der Waals surface area contributed by atoms with E-state index in [4.69, 9.17) is 10.5 Å². The van der Waals surface area contributed by atoms with E-state index in [0.29, 0.717) is 18.7 Å². The van der Waals surface area contributed by atoms with Gasteiger partial charge in [0.15, 0.2) is 0 Å². The molecule has 5 unspecified atom stereocenters. The number of hydrogen-bond donors (Lipinski definition) is 2. The summed E-state index contributed by atoms with van der Waals surface area (Å²) in [6.45, 7) is 3.71. The first-order valence-electron chi connectivity index (χ1n) is 7.29. The fourth-order valence-electron chi connectivity index (χ4n) is 4.48. The van der Waals surface area contributed by atoms with Crippen molar-refractivity contribution in [3.63, 3.8) is 0 Å². The Morgan fingerprint density at radius 2 is 2.17 bits per heavy atom. The van der Waals surface area contributed by atoms with Crippen molar-refractivity contribution < 1.29 is 9.84 Å². The third-order valence-corrected chi connectivity index (χ3v) is 5.87. The number of rotatable bonds is 2. The van der Waals surface area contributed by atoms with Crippen molar-refractivity contribution in [3.8, 4) is 0 Å². The van der Waals surface area contributed by atoms with Gasteiger partial charge in [-0.15, -0.1) is 0 Å². The molecule has 5 atom stereocenters. The summed E-state index contributed by atoms with van der Waals surface area (Å²) in [5, 5.41) is 11.2. The van der Waals surface area contributed by atoms with Crippen LogP contribution < -0.4 is 5.73 Å². The van der Waals surface area contributed by atoms with Gasteiger partial charge in [-0.25, -0.2) is 0 Å². The van der Waals surface area contributed by atoms with E-state index in [2.05, 4.69) is 18.9 Å². The first-order chi connectivity index (χ1) is 8.51. The maximum atomic E-state index is 11.2. The van der Waals surface area contributed by atoms with E-state index >= 15 is 0 Å². The topological polar surface area (TPSA) is 58.7 Å². The van der Waals surface area contributed by atoms with Crippen LogP contribution in [-0.2, 0) is 4.74 Å². The monoisotopic (exact) mass is 254 g/mol. The second-order valence-electron chi connectivity index (χ2n) is 6.70. The summed E-state index contributed by atoms with van der Waals surface area (Å²) in [6.07, 6.45) is 5.38. The highest BCUT2D eigenvalue weighted by atomic mass is 16.5. The number of fused-ring (bicyclic) bond motifs is 2. The van der Waals surface area contributed by atoms with Gasteiger partial charge in [-0.1, -0.05) is 0 Å². The Kier molecular flexibility index (Phi) is 2.98. The molecular formula is C14H26N2O2. The minimum atomic E-state index is -0.631. The van der Waals surface area contributed by atoms with E-state index in [9.17, 15) is 5.11 Å². The molecule has 0 aromatic rings. The predicted octanol–water partition coefficient (Wildman–Crippen LogP) is 0.728. The van der Waals surface area contributed by atoms with Gasteiger partial charge in [0.1, 0.15) is 0 Å². The molecule has 0 aliphatic carbocycles. The lowest BCUT2D eigenvalue weighted by atomic mass is 9.59. The molecule has 18 heavy (non-hydrogen) atoms. The third-order valence-electron chi connectivity index (χ3n) is 5.87. The lowest BCUT2D eigenvalue weighted by molar-refractivity contribution is -0.148. The SMILES string of the molecule is CC1CC(O)(C2(CN)CC3CCC2O3)CCN1C. The van der Waals surface area contributed by atoms with E-state index in [1.165, 1.54) is 0 Å². The largest absolute Gasteiger partial charge is 0.389 e. The molecule has 3 saturated heterocycles. The Morgan fingerprint density at radius 1 is 1.39 bits per heavy atom. The molecule has 3 rings (SSSR count). The van der Waals surface area contributed by atoms with Crippen molar-refractivity contribution in [3.05, 3.63) is 0 Å². The zero-order valence-electron chi connectivity index (χ0n) is 11.6. The van der Waals surface area contributed by atoms with Crippen LogP contribution in [0.2, 0.25) is 0 Å². The van der Waals surface area contributed by atoms with Crippen molar-refractivity contribution in [1.82, 2.24) is 4.90 Å². The normalized spacial score (nSPS) is 53.0. The zero-order valence-corrected chi connectivity index (χ0v) is 11.6. The second kappa shape index (κ2) is 4.17. The van der Waals surface area contributed by atoms with Gasteiger partial charge < -0.3 is 20.5 Å². The number of piperidine rings is 1. The van der Waals surface area contributed by atoms with E-state index in [0.717, 1.165) is 38.6 Å². The first-order valence-corrected chi connectivity index (χ1v) is 7.29. The van der Waals surface area contributed by atoms with Gasteiger partial charge in [-0.05, 0) is 46.1 Å². The number of hydrogen-bond acceptors (Lipinski definition) is 4. The number of nitrogens with zero attached hydrogens (tertiary/aromatic N) is 1. The maximum Gasteiger partial charge on any atom is 0.0768 e. The lowest BCUT2D eigenvalue weighted by Crippen LogP contribution is -2.62. The van der Waals surface area contributed by atoms with Crippen LogP contribution in [0, 0.1) is 5.41 Å². The summed E-state index contributed by atoms with van der Waals surface area (Å²) in [5.41, 5.74) is 5.28. The van der Waals surface area contributed by atoms with Crippen LogP contribution in [0.15, 0.2) is 0 Å². The predicted molar refractivity (Wildman–Crippen MR) is 70.3 cm³/mol. The van der Waals surface area contributed by atoms with Crippen molar-refractivity contribution in [1.29, 1.82) is 0 Å². The van der Waals surface area contributed by atoms with Crippen LogP contribution in [0.5, 0.6) is 0 Å². The highest BCUT2D eigenvalue weighted by Gasteiger charge is 2.62. The summed E-state index contributed by atoms with van der Waals surface area (Å²) < 4.78 is 6.01. The van der Waals surface area contributed by atoms with Gasteiger partial charge in [0.05, 0.1) is 17.8 Å². The minimum absolute atomic E-state index is 0.188. The Labute approximate surface area is 109 Å². The average Bonchev–Trinajstić information content (AvgIpc) is 2.95. The molecule has 3 heterocycles. The van der Waals surface area contributed by atoms with Crippen LogP contribution in [-0.4, -0.2) is 54.0 Å². The first kappa shape index (κ1) is 12.9. The third kappa shape index (κ3) is 1.59. The molecule has 0 aromatic heterocycles. The molecule has 4 heteroatoms. The molecule has 3 aliphatic heterocycles. The Hall–Kier alpha value is -0.160. The number of nitrogens with two attached hydrogens (primary N) is 1. The summed E-state index contributed by atoms with van der Waals surface area (Å²) in [7, 11) is 2.14. The van der Waals surface area contributed by atoms with Crippen LogP contribution >= 0.6 is 0 Å². The molecule has 3 aliphatic rings. The standard InChI is InChI=1S/C14H26N2O2/c1-10-7-14(17,5-6-16(10)2)13(9-15)8-11-3-4-12(13)18-11/h10-12,17H,3-9,15H2,1-2H3. The summed E-state index contributed by atoms with van der Waals surface area (Å²) >= 11 is 0. The highest BCUT2D eigenvalue weighted by Crippen LogP contribution is 2.56. The molecule has 4 nitrogen and oxygen atoms in total. The van der Waals surface area contributed by atoms with Gasteiger partial charge in [0, 0.05) is 24.5 Å². The summed E-state index contributed by atoms with van der Waals surface area (Å²) in [5.74, 6) is 0. The molecule has 0 amide bonds. The Balaban J connectivity index is 1.87. The van der Waals surface area contributed by atoms with Crippen molar-refractivity contribution in [2.45, 2.75) is 62.9 Å². The molecule has 0 radical (unpaired) electrons. The number of aliphatic hydroxyl groups is 1. The van der Waals surface area contributed by atoms with E-state index in [-0.39, 0.29) is 11.5 Å². The van der Waals surface area contributed by atoms with Crippen LogP contribution in [0.25, 0.3) is 0 Å². The maximum absolute atomic E-state index is 11.2. The Morgan fingerprint density at radius 3 is 2.67 bits per heavy atom. The van der Waals surface area contributed by atoms with E-state index in [1.807, 2.05) is 0 Å². The van der Waals surface area contributed by atoms with Crippen molar-refractivity contribution in [2.24, 2.45) is 11.1 Å². The highest BCUT2D eigenvalue weighted by molar-refractivity contribution is 5.13. The summed E-state index contributed by atoms with van der Waals surface area (Å²) in [6, 6.07) is 0.423. The molecule has 0 spiro atoms. The van der Waals surface area contributed by atoms with Gasteiger partial charge >= 0.3 is 0 Å². The average molecular weight is 254 g/mol. The van der Waals surface area contributed by atoms with E-state index in [1.54, 1.807) is 0 Å². The molecule has 3 fully saturated rings. The Bertz CT molecular complexity index is 338. The molecule has 2 bridgehead atoms. The quantitative estimate of drug-likeness (QED) is 0.762. The molecule has 0 saturated carbocycles. The molecular weight excluding hydrogens is 228 g/mol. The molecule has 0 aromatic carbocycles. The van der Waals surface area contributed by atoms with Crippen LogP contribution in [0.1, 0.15) is 39.0 Å². The smallest absolute Gasteiger partial charge is 0.0768 e. The molecule has 3 N–H and O–H groups in total. The zero-order chi connectivity index (χ0) is 13.0. The lowest BCUT2D eigenvalue weighted by Gasteiger charge is -2.53. The van der Waals surface area contributed by atoms with Crippen molar-refractivity contribution >= 4 is 0 Å². The van der Waals surface area contributed by atoms with Gasteiger partial charge in [0.2, 0.25) is 0 Å². The second-order valence-corrected chi connectivity index (χ2v) is 6.70. The van der Waals surface area contributed by atoms with Crippen LogP contribution in [0.4, 0.5) is 0 Å². The van der Waals surface area contributed by atoms with E-state index < -0.39 is 5.60 Å². The number of ether oxygens (including phenoxy) is 1. The van der Waals surface area contributed by atoms with Gasteiger partial charge in [0.25, 0.3) is 0 Å². The number of likely N-dealkylation sites (tertiary alicyclic amines) is 1. The van der Waals surface area contributed by atoms with Crippen LogP contribution in [0.3, 0.4) is 0 Å². The van der Waals surface area contributed by atoms with Gasteiger partial charge in [-0.2, -0.15) is 0 Å². The minimum Gasteiger partial charge on any atom is -0.389 e. The fourth-order valence-corrected chi connectivity index (χ4v) is 4.48.